The molecule has 3 aromatic rings. The van der Waals surface area contributed by atoms with Crippen molar-refractivity contribution in [3.05, 3.63) is 65.5 Å². The molecule has 158 valence electrons. The van der Waals surface area contributed by atoms with E-state index in [0.29, 0.717) is 11.8 Å². The number of rotatable bonds is 6. The van der Waals surface area contributed by atoms with Gasteiger partial charge in [-0.05, 0) is 49.1 Å². The van der Waals surface area contributed by atoms with Crippen LogP contribution in [0.4, 0.5) is 0 Å². The van der Waals surface area contributed by atoms with Crippen LogP contribution in [0.15, 0.2) is 57.8 Å². The van der Waals surface area contributed by atoms with Crippen LogP contribution in [0.1, 0.15) is 44.7 Å². The molecule has 1 heterocycles. The number of aryl methyl sites for hydroxylation is 1. The van der Waals surface area contributed by atoms with Gasteiger partial charge in [0.15, 0.2) is 0 Å². The average Bonchev–Trinajstić information content (AvgIpc) is 3.17. The van der Waals surface area contributed by atoms with Gasteiger partial charge in [0.1, 0.15) is 0 Å². The summed E-state index contributed by atoms with van der Waals surface area (Å²) in [7, 11) is 1.76. The molecule has 0 fully saturated rings. The van der Waals surface area contributed by atoms with Gasteiger partial charge in [-0.25, -0.2) is 0 Å². The molecule has 6 heteroatoms. The first kappa shape index (κ1) is 22.1. The second-order valence-electron chi connectivity index (χ2n) is 8.60. The first-order valence-electron chi connectivity index (χ1n) is 10.0. The highest BCUT2D eigenvalue weighted by Crippen LogP contribution is 2.27. The number of aromatic nitrogens is 2. The summed E-state index contributed by atoms with van der Waals surface area (Å²) in [4.78, 5) is 15.5. The van der Waals surface area contributed by atoms with E-state index in [-0.39, 0.29) is 23.1 Å². The molecule has 0 aliphatic heterocycles. The van der Waals surface area contributed by atoms with Gasteiger partial charge in [0, 0.05) is 17.5 Å². The summed E-state index contributed by atoms with van der Waals surface area (Å²) in [5.74, 6) is 0.913. The lowest BCUT2D eigenvalue weighted by atomic mass is 9.87. The zero-order valence-corrected chi connectivity index (χ0v) is 19.3. The second-order valence-corrected chi connectivity index (χ2v) is 10.0. The summed E-state index contributed by atoms with van der Waals surface area (Å²) in [6.07, 6.45) is 0. The molecule has 0 aliphatic rings. The molecule has 5 nitrogen and oxygen atoms in total. The van der Waals surface area contributed by atoms with E-state index < -0.39 is 0 Å². The molecule has 0 bridgehead atoms. The maximum Gasteiger partial charge on any atom is 0.247 e. The minimum Gasteiger partial charge on any atom is -0.419 e. The molecule has 30 heavy (non-hydrogen) atoms. The normalized spacial score (nSPS) is 12.6. The molecular formula is C24H29N3O2S. The van der Waals surface area contributed by atoms with Crippen LogP contribution >= 0.6 is 11.8 Å². The second kappa shape index (κ2) is 9.04. The standard InChI is InChI=1S/C24H29N3O2S/c1-16-7-13-20(14-8-16)30-17(2)23(28)27(6)15-21-25-26-22(29-21)18-9-11-19(12-10-18)24(3,4)5/h7-14,17H,15H2,1-6H3/t17-/m1/s1. The number of nitrogens with zero attached hydrogens (tertiary/aromatic N) is 3. The molecule has 0 aliphatic carbocycles. The summed E-state index contributed by atoms with van der Waals surface area (Å²) in [5.41, 5.74) is 3.42. The predicted octanol–water partition coefficient (Wildman–Crippen LogP) is 5.48. The highest BCUT2D eigenvalue weighted by molar-refractivity contribution is 8.00. The Morgan fingerprint density at radius 1 is 1.07 bits per heavy atom. The van der Waals surface area contributed by atoms with Crippen molar-refractivity contribution in [3.8, 4) is 11.5 Å². The van der Waals surface area contributed by atoms with Crippen molar-refractivity contribution in [2.24, 2.45) is 0 Å². The Balaban J connectivity index is 1.61. The summed E-state index contributed by atoms with van der Waals surface area (Å²) < 4.78 is 5.80. The highest BCUT2D eigenvalue weighted by Gasteiger charge is 2.21. The molecule has 1 atom stereocenters. The van der Waals surface area contributed by atoms with Crippen LogP contribution in [-0.2, 0) is 16.8 Å². The average molecular weight is 424 g/mol. The smallest absolute Gasteiger partial charge is 0.247 e. The number of carbonyl (C=O) groups is 1. The third-order valence-corrected chi connectivity index (χ3v) is 5.99. The zero-order chi connectivity index (χ0) is 21.9. The molecule has 0 radical (unpaired) electrons. The van der Waals surface area contributed by atoms with Gasteiger partial charge in [-0.15, -0.1) is 22.0 Å². The van der Waals surface area contributed by atoms with Crippen molar-refractivity contribution in [2.75, 3.05) is 7.05 Å². The van der Waals surface area contributed by atoms with Gasteiger partial charge >= 0.3 is 0 Å². The molecule has 0 unspecified atom stereocenters. The number of amides is 1. The Hall–Kier alpha value is -2.60. The molecule has 1 amide bonds. The van der Waals surface area contributed by atoms with Crippen LogP contribution in [0.25, 0.3) is 11.5 Å². The topological polar surface area (TPSA) is 59.2 Å². The summed E-state index contributed by atoms with van der Waals surface area (Å²) >= 11 is 1.55. The van der Waals surface area contributed by atoms with Crippen molar-refractivity contribution < 1.29 is 9.21 Å². The van der Waals surface area contributed by atoms with Crippen molar-refractivity contribution in [3.63, 3.8) is 0 Å². The Morgan fingerprint density at radius 2 is 1.70 bits per heavy atom. The molecule has 0 spiro atoms. The van der Waals surface area contributed by atoms with Gasteiger partial charge in [0.2, 0.25) is 17.7 Å². The largest absolute Gasteiger partial charge is 0.419 e. The number of thioether (sulfide) groups is 1. The quantitative estimate of drug-likeness (QED) is 0.491. The van der Waals surface area contributed by atoms with Crippen molar-refractivity contribution >= 4 is 17.7 Å². The number of hydrogen-bond donors (Lipinski definition) is 0. The first-order chi connectivity index (χ1) is 14.1. The maximum atomic E-state index is 12.7. The summed E-state index contributed by atoms with van der Waals surface area (Å²) in [6.45, 7) is 10.8. The minimum atomic E-state index is -0.204. The van der Waals surface area contributed by atoms with Crippen LogP contribution in [-0.4, -0.2) is 33.3 Å². The number of carbonyl (C=O) groups excluding carboxylic acids is 1. The van der Waals surface area contributed by atoms with Crippen LogP contribution in [0, 0.1) is 6.92 Å². The summed E-state index contributed by atoms with van der Waals surface area (Å²) in [6, 6.07) is 16.3. The van der Waals surface area contributed by atoms with Gasteiger partial charge in [-0.2, -0.15) is 0 Å². The van der Waals surface area contributed by atoms with E-state index in [0.717, 1.165) is 10.5 Å². The van der Waals surface area contributed by atoms with Crippen LogP contribution in [0.5, 0.6) is 0 Å². The predicted molar refractivity (Wildman–Crippen MR) is 121 cm³/mol. The molecule has 0 saturated carbocycles. The zero-order valence-electron chi connectivity index (χ0n) is 18.5. The van der Waals surface area contributed by atoms with E-state index in [1.165, 1.54) is 11.1 Å². The van der Waals surface area contributed by atoms with Crippen molar-refractivity contribution in [1.82, 2.24) is 15.1 Å². The van der Waals surface area contributed by atoms with E-state index in [9.17, 15) is 4.79 Å². The van der Waals surface area contributed by atoms with Crippen LogP contribution < -0.4 is 0 Å². The molecule has 1 aromatic heterocycles. The minimum absolute atomic E-state index is 0.0230. The van der Waals surface area contributed by atoms with E-state index >= 15 is 0 Å². The monoisotopic (exact) mass is 423 g/mol. The number of benzene rings is 2. The fourth-order valence-electron chi connectivity index (χ4n) is 3.01. The fourth-order valence-corrected chi connectivity index (χ4v) is 3.99. The highest BCUT2D eigenvalue weighted by atomic mass is 32.2. The lowest BCUT2D eigenvalue weighted by Gasteiger charge is -2.19. The lowest BCUT2D eigenvalue weighted by Crippen LogP contribution is -2.32. The third kappa shape index (κ3) is 5.51. The lowest BCUT2D eigenvalue weighted by molar-refractivity contribution is -0.129. The molecular weight excluding hydrogens is 394 g/mol. The Morgan fingerprint density at radius 3 is 2.30 bits per heavy atom. The van der Waals surface area contributed by atoms with Gasteiger partial charge in [-0.3, -0.25) is 4.79 Å². The van der Waals surface area contributed by atoms with E-state index in [1.54, 1.807) is 23.7 Å². The Labute approximate surface area is 182 Å². The molecule has 3 rings (SSSR count). The fraction of sp³-hybridized carbons (Fsp3) is 0.375. The SMILES string of the molecule is Cc1ccc(S[C@H](C)C(=O)N(C)Cc2nnc(-c3ccc(C(C)(C)C)cc3)o2)cc1. The van der Waals surface area contributed by atoms with Gasteiger partial charge in [0.25, 0.3) is 0 Å². The molecule has 2 aromatic carbocycles. The van der Waals surface area contributed by atoms with Crippen LogP contribution in [0.2, 0.25) is 0 Å². The Bertz CT molecular complexity index is 989. The number of hydrogen-bond acceptors (Lipinski definition) is 5. The van der Waals surface area contributed by atoms with Crippen molar-refractivity contribution in [2.45, 2.75) is 56.7 Å². The molecule has 0 saturated heterocycles. The van der Waals surface area contributed by atoms with E-state index in [1.807, 2.05) is 38.1 Å². The summed E-state index contributed by atoms with van der Waals surface area (Å²) in [5, 5.41) is 8.07. The van der Waals surface area contributed by atoms with Gasteiger partial charge in [-0.1, -0.05) is 50.6 Å². The van der Waals surface area contributed by atoms with Gasteiger partial charge in [0.05, 0.1) is 11.8 Å². The van der Waals surface area contributed by atoms with Gasteiger partial charge < -0.3 is 9.32 Å². The Kier molecular flexibility index (Phi) is 6.66. The van der Waals surface area contributed by atoms with Crippen LogP contribution in [0.3, 0.4) is 0 Å². The van der Waals surface area contributed by atoms with Crippen molar-refractivity contribution in [1.29, 1.82) is 0 Å². The molecule has 0 N–H and O–H groups in total. The van der Waals surface area contributed by atoms with E-state index in [4.69, 9.17) is 4.42 Å². The van der Waals surface area contributed by atoms with E-state index in [2.05, 4.69) is 55.2 Å². The third-order valence-electron chi connectivity index (χ3n) is 4.89. The first-order valence-corrected chi connectivity index (χ1v) is 10.9. The maximum absolute atomic E-state index is 12.7.